The first-order chi connectivity index (χ1) is 24.2. The predicted molar refractivity (Wildman–Crippen MR) is 193 cm³/mol. The lowest BCUT2D eigenvalue weighted by Crippen LogP contribution is -2.51. The summed E-state index contributed by atoms with van der Waals surface area (Å²) in [7, 11) is 0. The molecule has 2 aromatic rings. The van der Waals surface area contributed by atoms with Gasteiger partial charge in [-0.25, -0.2) is 9.59 Å². The number of nitrogens with one attached hydrogen (secondary N) is 3. The van der Waals surface area contributed by atoms with E-state index in [1.165, 1.54) is 0 Å². The number of aliphatic carboxylic acids is 1. The van der Waals surface area contributed by atoms with Crippen LogP contribution in [0.5, 0.6) is 0 Å². The molecule has 4 atom stereocenters. The van der Waals surface area contributed by atoms with Crippen LogP contribution in [0.3, 0.4) is 0 Å². The molecule has 278 valence electrons. The number of carboxylic acid groups (broad SMARTS) is 1. The van der Waals surface area contributed by atoms with E-state index in [-0.39, 0.29) is 43.9 Å². The molecule has 0 radical (unpaired) electrons. The summed E-state index contributed by atoms with van der Waals surface area (Å²) in [6, 6.07) is 18.4. The minimum atomic E-state index is -1.36. The predicted octanol–water partition coefficient (Wildman–Crippen LogP) is 5.81. The van der Waals surface area contributed by atoms with E-state index in [9.17, 15) is 29.1 Å². The van der Waals surface area contributed by atoms with Gasteiger partial charge in [0.15, 0.2) is 0 Å². The highest BCUT2D eigenvalue weighted by Crippen LogP contribution is 2.23. The van der Waals surface area contributed by atoms with E-state index in [0.717, 1.165) is 11.1 Å². The lowest BCUT2D eigenvalue weighted by atomic mass is 9.95. The fraction of sp³-hybridized carbons (Fsp3) is 0.513. The quantitative estimate of drug-likeness (QED) is 0.0910. The zero-order chi connectivity index (χ0) is 37.4. The highest BCUT2D eigenvalue weighted by Gasteiger charge is 2.36. The van der Waals surface area contributed by atoms with Crippen LogP contribution in [0.1, 0.15) is 77.8 Å². The highest BCUT2D eigenvalue weighted by atomic mass is 16.6. The number of likely N-dealkylation sites (tertiary alicyclic amines) is 1. The van der Waals surface area contributed by atoms with Gasteiger partial charge in [-0.05, 0) is 76.3 Å². The molecule has 0 aliphatic carbocycles. The second kappa shape index (κ2) is 20.1. The zero-order valence-electron chi connectivity index (χ0n) is 30.4. The second-order valence-electron chi connectivity index (χ2n) is 14.3. The standard InChI is InChI=1S/C39H54N4O8/c1-27(2)24-31(41-38(49)51-39(3,4)5)21-20-30(25-28-14-8-6-9-15-28)35(45)43-23-13-19-33(43)42-34(44)32(36(46)47)18-12-22-40-37(48)50-26-29-16-10-7-11-17-29/h6-11,14-17,20-21,27,30-33H,12-13,18-19,22-26H2,1-5H3,(H,40,48)(H,41,49)(H,42,44)(H,46,47)/b21-20+/t30-,31-,32+,33-/m1/s1. The van der Waals surface area contributed by atoms with Crippen molar-refractivity contribution in [3.05, 3.63) is 83.9 Å². The lowest BCUT2D eigenvalue weighted by Gasteiger charge is -2.29. The second-order valence-corrected chi connectivity index (χ2v) is 14.3. The Morgan fingerprint density at radius 1 is 0.941 bits per heavy atom. The van der Waals surface area contributed by atoms with Crippen LogP contribution in [0.4, 0.5) is 9.59 Å². The lowest BCUT2D eigenvalue weighted by molar-refractivity contribution is -0.148. The number of hydrogen-bond donors (Lipinski definition) is 4. The molecule has 1 saturated heterocycles. The third-order valence-corrected chi connectivity index (χ3v) is 8.23. The number of rotatable bonds is 17. The first kappa shape index (κ1) is 40.6. The molecule has 12 heteroatoms. The summed E-state index contributed by atoms with van der Waals surface area (Å²) in [6.07, 6.45) is 4.17. The Bertz CT molecular complexity index is 1460. The molecule has 1 fully saturated rings. The number of carboxylic acids is 1. The largest absolute Gasteiger partial charge is 0.481 e. The molecule has 12 nitrogen and oxygen atoms in total. The molecular weight excluding hydrogens is 652 g/mol. The summed E-state index contributed by atoms with van der Waals surface area (Å²) in [6.45, 7) is 10.1. The van der Waals surface area contributed by atoms with Gasteiger partial charge in [-0.1, -0.05) is 86.7 Å². The fourth-order valence-corrected chi connectivity index (χ4v) is 5.82. The smallest absolute Gasteiger partial charge is 0.408 e. The van der Waals surface area contributed by atoms with E-state index < -0.39 is 47.7 Å². The van der Waals surface area contributed by atoms with Crippen LogP contribution in [0, 0.1) is 17.8 Å². The van der Waals surface area contributed by atoms with Gasteiger partial charge in [0, 0.05) is 13.1 Å². The Morgan fingerprint density at radius 2 is 1.59 bits per heavy atom. The van der Waals surface area contributed by atoms with Crippen molar-refractivity contribution in [1.82, 2.24) is 20.9 Å². The molecule has 3 rings (SSSR count). The third-order valence-electron chi connectivity index (χ3n) is 8.23. The van der Waals surface area contributed by atoms with Crippen LogP contribution >= 0.6 is 0 Å². The van der Waals surface area contributed by atoms with Crippen molar-refractivity contribution < 1.29 is 38.6 Å². The van der Waals surface area contributed by atoms with Crippen molar-refractivity contribution in [2.45, 2.75) is 97.6 Å². The van der Waals surface area contributed by atoms with Gasteiger partial charge in [0.25, 0.3) is 0 Å². The average molecular weight is 707 g/mol. The normalized spacial score (nSPS) is 16.3. The minimum Gasteiger partial charge on any atom is -0.481 e. The van der Waals surface area contributed by atoms with E-state index in [1.807, 2.05) is 86.7 Å². The van der Waals surface area contributed by atoms with Crippen LogP contribution < -0.4 is 16.0 Å². The molecule has 0 spiro atoms. The van der Waals surface area contributed by atoms with E-state index in [0.29, 0.717) is 32.2 Å². The summed E-state index contributed by atoms with van der Waals surface area (Å²) in [4.78, 5) is 65.8. The van der Waals surface area contributed by atoms with E-state index in [4.69, 9.17) is 9.47 Å². The van der Waals surface area contributed by atoms with Crippen LogP contribution in [0.25, 0.3) is 0 Å². The molecule has 1 aliphatic heterocycles. The van der Waals surface area contributed by atoms with Gasteiger partial charge >= 0.3 is 18.2 Å². The fourth-order valence-electron chi connectivity index (χ4n) is 5.82. The zero-order valence-corrected chi connectivity index (χ0v) is 30.4. The number of carbonyl (C=O) groups is 5. The van der Waals surface area contributed by atoms with Gasteiger partial charge in [-0.15, -0.1) is 0 Å². The Morgan fingerprint density at radius 3 is 2.20 bits per heavy atom. The minimum absolute atomic E-state index is 0.0118. The number of benzene rings is 2. The van der Waals surface area contributed by atoms with E-state index >= 15 is 0 Å². The molecule has 1 heterocycles. The maximum Gasteiger partial charge on any atom is 0.408 e. The molecule has 0 saturated carbocycles. The van der Waals surface area contributed by atoms with Gasteiger partial charge in [0.1, 0.15) is 24.3 Å². The highest BCUT2D eigenvalue weighted by molar-refractivity contribution is 5.97. The van der Waals surface area contributed by atoms with E-state index in [1.54, 1.807) is 25.7 Å². The van der Waals surface area contributed by atoms with Gasteiger partial charge in [0.2, 0.25) is 11.8 Å². The van der Waals surface area contributed by atoms with Gasteiger partial charge in [-0.3, -0.25) is 14.4 Å². The van der Waals surface area contributed by atoms with Crippen molar-refractivity contribution in [3.63, 3.8) is 0 Å². The summed E-state index contributed by atoms with van der Waals surface area (Å²) >= 11 is 0. The van der Waals surface area contributed by atoms with Crippen LogP contribution in [-0.4, -0.2) is 70.9 Å². The Labute approximate surface area is 301 Å². The molecule has 0 aromatic heterocycles. The molecule has 4 amide bonds. The number of ether oxygens (including phenoxy) is 2. The van der Waals surface area contributed by atoms with Crippen LogP contribution in [0.2, 0.25) is 0 Å². The van der Waals surface area contributed by atoms with Crippen molar-refractivity contribution in [2.75, 3.05) is 13.1 Å². The Kier molecular flexibility index (Phi) is 16.0. The first-order valence-electron chi connectivity index (χ1n) is 17.7. The van der Waals surface area contributed by atoms with Crippen molar-refractivity contribution in [1.29, 1.82) is 0 Å². The van der Waals surface area contributed by atoms with Crippen LogP contribution in [-0.2, 0) is 36.9 Å². The Hall–Kier alpha value is -4.87. The van der Waals surface area contributed by atoms with Crippen molar-refractivity contribution >= 4 is 30.0 Å². The number of alkyl carbamates (subject to hydrolysis) is 2. The van der Waals surface area contributed by atoms with Gasteiger partial charge in [0.05, 0.1) is 12.0 Å². The molecular formula is C39H54N4O8. The number of hydrogen-bond acceptors (Lipinski definition) is 7. The molecule has 1 aliphatic rings. The summed E-state index contributed by atoms with van der Waals surface area (Å²) in [5.41, 5.74) is 1.12. The summed E-state index contributed by atoms with van der Waals surface area (Å²) < 4.78 is 10.6. The molecule has 0 bridgehead atoms. The van der Waals surface area contributed by atoms with Crippen molar-refractivity contribution in [2.24, 2.45) is 17.8 Å². The van der Waals surface area contributed by atoms with Crippen molar-refractivity contribution in [3.8, 4) is 0 Å². The molecule has 4 N–H and O–H groups in total. The monoisotopic (exact) mass is 706 g/mol. The van der Waals surface area contributed by atoms with Gasteiger partial charge < -0.3 is 35.4 Å². The SMILES string of the molecule is CC(C)C[C@@H](/C=C/[C@H](Cc1ccccc1)C(=O)N1CCC[C@@H]1NC(=O)[C@H](CCCNC(=O)OCc1ccccc1)C(=O)O)NC(=O)OC(C)(C)C. The molecule has 2 aromatic carbocycles. The number of nitrogens with zero attached hydrogens (tertiary/aromatic N) is 1. The maximum atomic E-state index is 14.2. The topological polar surface area (TPSA) is 163 Å². The molecule has 0 unspecified atom stereocenters. The van der Waals surface area contributed by atoms with E-state index in [2.05, 4.69) is 16.0 Å². The summed E-state index contributed by atoms with van der Waals surface area (Å²) in [5.74, 6) is -3.89. The average Bonchev–Trinajstić information content (AvgIpc) is 3.52. The first-order valence-corrected chi connectivity index (χ1v) is 17.7. The number of carbonyl (C=O) groups excluding carboxylic acids is 4. The Balaban J connectivity index is 1.65. The third kappa shape index (κ3) is 14.9. The van der Waals surface area contributed by atoms with Gasteiger partial charge in [-0.2, -0.15) is 0 Å². The maximum absolute atomic E-state index is 14.2. The van der Waals surface area contributed by atoms with Crippen LogP contribution in [0.15, 0.2) is 72.8 Å². The molecule has 51 heavy (non-hydrogen) atoms. The number of amides is 4. The summed E-state index contributed by atoms with van der Waals surface area (Å²) in [5, 5.41) is 18.2.